The van der Waals surface area contributed by atoms with Gasteiger partial charge < -0.3 is 0 Å². The molecule has 6 nitrogen and oxygen atoms in total. The number of thiophene rings is 1. The minimum Gasteiger partial charge on any atom is -0.297 e. The zero-order valence-electron chi connectivity index (χ0n) is 14.6. The molecule has 3 heterocycles. The molecule has 0 unspecified atom stereocenters. The molecule has 0 saturated heterocycles. The minimum absolute atomic E-state index is 0.0731. The molecule has 1 aliphatic heterocycles. The molecule has 5 rings (SSSR count). The van der Waals surface area contributed by atoms with E-state index in [1.807, 2.05) is 0 Å². The van der Waals surface area contributed by atoms with Crippen LogP contribution in [0.2, 0.25) is 0 Å². The van der Waals surface area contributed by atoms with Crippen LogP contribution in [0.5, 0.6) is 0 Å². The Hall–Kier alpha value is -2.80. The smallest absolute Gasteiger partial charge is 0.262 e. The Labute approximate surface area is 159 Å². The Morgan fingerprint density at radius 2 is 1.67 bits per heavy atom. The number of fused-ring (bicyclic) bond motifs is 4. The fraction of sp³-hybridized carbons (Fsp3) is 0.300. The monoisotopic (exact) mass is 379 g/mol. The first-order valence-corrected chi connectivity index (χ1v) is 9.91. The molecule has 0 bridgehead atoms. The lowest BCUT2D eigenvalue weighted by Gasteiger charge is -2.15. The molecular weight excluding hydrogens is 362 g/mol. The summed E-state index contributed by atoms with van der Waals surface area (Å²) < 4.78 is 1.52. The highest BCUT2D eigenvalue weighted by Crippen LogP contribution is 2.33. The van der Waals surface area contributed by atoms with Crippen LogP contribution in [-0.2, 0) is 19.4 Å². The Morgan fingerprint density at radius 1 is 0.963 bits per heavy atom. The average molecular weight is 379 g/mol. The lowest BCUT2D eigenvalue weighted by atomic mass is 9.97. The van der Waals surface area contributed by atoms with Gasteiger partial charge in [0.25, 0.3) is 17.4 Å². The standard InChI is InChI=1S/C20H17N3O3S/c24-18-12-5-1-2-6-13(12)19(25)23(18)10-9-22-11-21-17-16(20(22)26)14-7-3-4-8-15(14)27-17/h1-2,5-6,11H,3-4,7-10H2. The largest absolute Gasteiger partial charge is 0.297 e. The van der Waals surface area contributed by atoms with Crippen LogP contribution in [0.1, 0.15) is 44.0 Å². The summed E-state index contributed by atoms with van der Waals surface area (Å²) in [6.45, 7) is 0.406. The molecule has 0 atom stereocenters. The summed E-state index contributed by atoms with van der Waals surface area (Å²) in [4.78, 5) is 45.7. The van der Waals surface area contributed by atoms with E-state index in [2.05, 4.69) is 4.98 Å². The second-order valence-electron chi connectivity index (χ2n) is 6.94. The first kappa shape index (κ1) is 16.4. The van der Waals surface area contributed by atoms with Crippen molar-refractivity contribution in [1.82, 2.24) is 14.5 Å². The van der Waals surface area contributed by atoms with Gasteiger partial charge in [0.15, 0.2) is 0 Å². The number of nitrogens with zero attached hydrogens (tertiary/aromatic N) is 3. The third kappa shape index (κ3) is 2.45. The number of hydrogen-bond donors (Lipinski definition) is 0. The summed E-state index contributed by atoms with van der Waals surface area (Å²) in [6.07, 6.45) is 5.74. The number of aromatic nitrogens is 2. The third-order valence-corrected chi connectivity index (χ3v) is 6.58. The number of hydrogen-bond acceptors (Lipinski definition) is 5. The number of aryl methyl sites for hydroxylation is 2. The molecule has 2 aliphatic rings. The van der Waals surface area contributed by atoms with Crippen molar-refractivity contribution >= 4 is 33.4 Å². The second kappa shape index (κ2) is 6.13. The summed E-state index contributed by atoms with van der Waals surface area (Å²) in [6, 6.07) is 6.81. The molecule has 136 valence electrons. The molecule has 0 fully saturated rings. The maximum atomic E-state index is 13.0. The second-order valence-corrected chi connectivity index (χ2v) is 8.03. The molecule has 0 saturated carbocycles. The van der Waals surface area contributed by atoms with Crippen molar-refractivity contribution in [3.63, 3.8) is 0 Å². The lowest BCUT2D eigenvalue weighted by Crippen LogP contribution is -2.35. The number of rotatable bonds is 3. The van der Waals surface area contributed by atoms with Gasteiger partial charge >= 0.3 is 0 Å². The lowest BCUT2D eigenvalue weighted by molar-refractivity contribution is 0.0648. The van der Waals surface area contributed by atoms with E-state index in [1.54, 1.807) is 35.6 Å². The Balaban J connectivity index is 1.45. The predicted octanol–water partition coefficient (Wildman–Crippen LogP) is 2.63. The molecular formula is C20H17N3O3S. The fourth-order valence-electron chi connectivity index (χ4n) is 3.99. The highest BCUT2D eigenvalue weighted by Gasteiger charge is 2.34. The molecule has 27 heavy (non-hydrogen) atoms. The van der Waals surface area contributed by atoms with Crippen molar-refractivity contribution in [3.05, 3.63) is 62.5 Å². The molecule has 2 amide bonds. The zero-order valence-corrected chi connectivity index (χ0v) is 15.4. The topological polar surface area (TPSA) is 72.3 Å². The normalized spacial score (nSPS) is 16.1. The van der Waals surface area contributed by atoms with E-state index in [1.165, 1.54) is 20.7 Å². The molecule has 0 radical (unpaired) electrons. The molecule has 0 spiro atoms. The van der Waals surface area contributed by atoms with E-state index < -0.39 is 0 Å². The van der Waals surface area contributed by atoms with Gasteiger partial charge in [-0.15, -0.1) is 11.3 Å². The van der Waals surface area contributed by atoms with Crippen molar-refractivity contribution < 1.29 is 9.59 Å². The van der Waals surface area contributed by atoms with Crippen LogP contribution in [0.4, 0.5) is 0 Å². The average Bonchev–Trinajstić information content (AvgIpc) is 3.18. The number of amides is 2. The maximum absolute atomic E-state index is 13.0. The van der Waals surface area contributed by atoms with Crippen LogP contribution in [-0.4, -0.2) is 32.8 Å². The van der Waals surface area contributed by atoms with E-state index in [0.29, 0.717) is 11.1 Å². The number of carbonyl (C=O) groups is 2. The van der Waals surface area contributed by atoms with Crippen LogP contribution >= 0.6 is 11.3 Å². The van der Waals surface area contributed by atoms with Crippen LogP contribution in [0.15, 0.2) is 35.4 Å². The zero-order chi connectivity index (χ0) is 18.5. The quantitative estimate of drug-likeness (QED) is 0.656. The van der Waals surface area contributed by atoms with Gasteiger partial charge in [0.05, 0.1) is 22.8 Å². The van der Waals surface area contributed by atoms with Crippen molar-refractivity contribution in [1.29, 1.82) is 0 Å². The van der Waals surface area contributed by atoms with Crippen LogP contribution in [0.3, 0.4) is 0 Å². The van der Waals surface area contributed by atoms with Crippen LogP contribution in [0.25, 0.3) is 10.2 Å². The van der Waals surface area contributed by atoms with Gasteiger partial charge in [-0.2, -0.15) is 0 Å². The van der Waals surface area contributed by atoms with Gasteiger partial charge in [0, 0.05) is 18.0 Å². The van der Waals surface area contributed by atoms with Crippen molar-refractivity contribution in [3.8, 4) is 0 Å². The number of benzene rings is 1. The van der Waals surface area contributed by atoms with Crippen molar-refractivity contribution in [2.75, 3.05) is 6.54 Å². The van der Waals surface area contributed by atoms with Crippen molar-refractivity contribution in [2.24, 2.45) is 0 Å². The molecule has 0 N–H and O–H groups in total. The summed E-state index contributed by atoms with van der Waals surface area (Å²) in [5.74, 6) is -0.601. The van der Waals surface area contributed by atoms with Gasteiger partial charge in [-0.3, -0.25) is 23.9 Å². The summed E-state index contributed by atoms with van der Waals surface area (Å²) in [7, 11) is 0. The molecule has 2 aromatic heterocycles. The fourth-order valence-corrected chi connectivity index (χ4v) is 5.21. The Bertz CT molecular complexity index is 1130. The Kier molecular flexibility index (Phi) is 3.72. The highest BCUT2D eigenvalue weighted by atomic mass is 32.1. The number of imide groups is 1. The summed E-state index contributed by atoms with van der Waals surface area (Å²) in [5, 5.41) is 0.722. The van der Waals surface area contributed by atoms with Gasteiger partial charge in [-0.05, 0) is 43.4 Å². The highest BCUT2D eigenvalue weighted by molar-refractivity contribution is 7.18. The predicted molar refractivity (Wildman–Crippen MR) is 102 cm³/mol. The maximum Gasteiger partial charge on any atom is 0.262 e. The van der Waals surface area contributed by atoms with E-state index in [-0.39, 0.29) is 30.5 Å². The van der Waals surface area contributed by atoms with Gasteiger partial charge in [-0.25, -0.2) is 4.98 Å². The first-order chi connectivity index (χ1) is 13.1. The van der Waals surface area contributed by atoms with Gasteiger partial charge in [-0.1, -0.05) is 12.1 Å². The number of carbonyl (C=O) groups excluding carboxylic acids is 2. The van der Waals surface area contributed by atoms with E-state index in [0.717, 1.165) is 41.5 Å². The Morgan fingerprint density at radius 3 is 2.41 bits per heavy atom. The van der Waals surface area contributed by atoms with Crippen LogP contribution in [0, 0.1) is 0 Å². The van der Waals surface area contributed by atoms with Crippen molar-refractivity contribution in [2.45, 2.75) is 32.2 Å². The molecule has 1 aromatic carbocycles. The van der Waals surface area contributed by atoms with E-state index in [9.17, 15) is 14.4 Å². The van der Waals surface area contributed by atoms with Crippen LogP contribution < -0.4 is 5.56 Å². The summed E-state index contributed by atoms with van der Waals surface area (Å²) >= 11 is 1.62. The third-order valence-electron chi connectivity index (χ3n) is 5.38. The van der Waals surface area contributed by atoms with Gasteiger partial charge in [0.2, 0.25) is 0 Å². The minimum atomic E-state index is -0.300. The van der Waals surface area contributed by atoms with Gasteiger partial charge in [0.1, 0.15) is 4.83 Å². The molecule has 7 heteroatoms. The van der Waals surface area contributed by atoms with E-state index >= 15 is 0 Å². The summed E-state index contributed by atoms with van der Waals surface area (Å²) in [5.41, 5.74) is 1.93. The molecule has 1 aliphatic carbocycles. The van der Waals surface area contributed by atoms with E-state index in [4.69, 9.17) is 0 Å². The SMILES string of the molecule is O=C1c2ccccc2C(=O)N1CCn1cnc2sc3c(c2c1=O)CCCC3. The molecule has 3 aromatic rings. The first-order valence-electron chi connectivity index (χ1n) is 9.10.